The van der Waals surface area contributed by atoms with Crippen molar-refractivity contribution in [1.82, 2.24) is 4.98 Å². The lowest BCUT2D eigenvalue weighted by Crippen LogP contribution is -2.27. The summed E-state index contributed by atoms with van der Waals surface area (Å²) in [7, 11) is 0. The van der Waals surface area contributed by atoms with Gasteiger partial charge in [0.2, 0.25) is 5.91 Å². The summed E-state index contributed by atoms with van der Waals surface area (Å²) >= 11 is 7.53. The summed E-state index contributed by atoms with van der Waals surface area (Å²) in [4.78, 5) is 17.4. The number of thiophene rings is 1. The molecule has 2 heterocycles. The Hall–Kier alpha value is -1.95. The molecule has 3 N–H and O–H groups in total. The first-order valence-corrected chi connectivity index (χ1v) is 7.55. The molecule has 21 heavy (non-hydrogen) atoms. The van der Waals surface area contributed by atoms with Crippen molar-refractivity contribution >= 4 is 45.4 Å². The highest BCUT2D eigenvalue weighted by molar-refractivity contribution is 7.10. The molecule has 0 aliphatic carbocycles. The molecular formula is C15H12ClN3OS. The molecule has 0 aliphatic rings. The Bertz CT molecular complexity index is 789. The number of nitrogens with zero attached hydrogens (tertiary/aromatic N) is 1. The van der Waals surface area contributed by atoms with Gasteiger partial charge in [0.15, 0.2) is 0 Å². The summed E-state index contributed by atoms with van der Waals surface area (Å²) < 4.78 is 0. The number of halogens is 1. The number of pyridine rings is 1. The highest BCUT2D eigenvalue weighted by Crippen LogP contribution is 2.27. The van der Waals surface area contributed by atoms with Crippen molar-refractivity contribution in [2.75, 3.05) is 5.32 Å². The number of hydrogen-bond acceptors (Lipinski definition) is 4. The number of hydrogen-bond donors (Lipinski definition) is 2. The standard InChI is InChI=1S/C15H12ClN3OS/c16-10-7-9-3-1-5-18-14(9)11(8-10)19-15(20)13(17)12-4-2-6-21-12/h1-8,13H,17H2,(H,19,20). The normalized spacial score (nSPS) is 12.3. The minimum atomic E-state index is -0.706. The first kappa shape index (κ1) is 14.0. The number of nitrogens with one attached hydrogen (secondary N) is 1. The lowest BCUT2D eigenvalue weighted by Gasteiger charge is -2.12. The number of rotatable bonds is 3. The predicted molar refractivity (Wildman–Crippen MR) is 86.6 cm³/mol. The fourth-order valence-corrected chi connectivity index (χ4v) is 3.01. The van der Waals surface area contributed by atoms with Crippen LogP contribution in [0.4, 0.5) is 5.69 Å². The van der Waals surface area contributed by atoms with E-state index < -0.39 is 6.04 Å². The largest absolute Gasteiger partial charge is 0.322 e. The lowest BCUT2D eigenvalue weighted by molar-refractivity contribution is -0.117. The molecule has 0 radical (unpaired) electrons. The van der Waals surface area contributed by atoms with Gasteiger partial charge in [0.25, 0.3) is 0 Å². The van der Waals surface area contributed by atoms with Crippen LogP contribution in [0.5, 0.6) is 0 Å². The molecule has 1 atom stereocenters. The van der Waals surface area contributed by atoms with Crippen LogP contribution in [-0.2, 0) is 4.79 Å². The van der Waals surface area contributed by atoms with Crippen LogP contribution in [0.2, 0.25) is 5.02 Å². The van der Waals surface area contributed by atoms with E-state index in [1.807, 2.05) is 29.6 Å². The summed E-state index contributed by atoms with van der Waals surface area (Å²) in [6, 6.07) is 10.2. The van der Waals surface area contributed by atoms with Crippen molar-refractivity contribution in [3.63, 3.8) is 0 Å². The Labute approximate surface area is 130 Å². The molecule has 0 fully saturated rings. The maximum atomic E-state index is 12.3. The van der Waals surface area contributed by atoms with Gasteiger partial charge in [0.05, 0.1) is 11.2 Å². The van der Waals surface area contributed by atoms with E-state index in [-0.39, 0.29) is 5.91 Å². The highest BCUT2D eigenvalue weighted by Gasteiger charge is 2.18. The van der Waals surface area contributed by atoms with Crippen molar-refractivity contribution in [1.29, 1.82) is 0 Å². The van der Waals surface area contributed by atoms with E-state index in [0.717, 1.165) is 10.3 Å². The molecule has 106 valence electrons. The molecule has 0 aliphatic heterocycles. The first-order valence-electron chi connectivity index (χ1n) is 6.29. The van der Waals surface area contributed by atoms with Crippen LogP contribution in [0.25, 0.3) is 10.9 Å². The summed E-state index contributed by atoms with van der Waals surface area (Å²) in [6.07, 6.45) is 1.67. The molecule has 0 saturated carbocycles. The first-order chi connectivity index (χ1) is 10.1. The minimum absolute atomic E-state index is 0.285. The quantitative estimate of drug-likeness (QED) is 0.775. The summed E-state index contributed by atoms with van der Waals surface area (Å²) in [5.41, 5.74) is 7.21. The van der Waals surface area contributed by atoms with Crippen LogP contribution in [0.15, 0.2) is 48.0 Å². The minimum Gasteiger partial charge on any atom is -0.322 e. The molecule has 3 rings (SSSR count). The van der Waals surface area contributed by atoms with Crippen molar-refractivity contribution in [3.8, 4) is 0 Å². The molecule has 4 nitrogen and oxygen atoms in total. The van der Waals surface area contributed by atoms with Crippen LogP contribution in [0, 0.1) is 0 Å². The second-order valence-electron chi connectivity index (χ2n) is 4.51. The highest BCUT2D eigenvalue weighted by atomic mass is 35.5. The van der Waals surface area contributed by atoms with Crippen LogP contribution < -0.4 is 11.1 Å². The lowest BCUT2D eigenvalue weighted by atomic mass is 10.1. The molecular weight excluding hydrogens is 306 g/mol. The van der Waals surface area contributed by atoms with Gasteiger partial charge in [-0.1, -0.05) is 23.7 Å². The molecule has 1 unspecified atom stereocenters. The van der Waals surface area contributed by atoms with Crippen molar-refractivity contribution in [3.05, 3.63) is 57.9 Å². The van der Waals surface area contributed by atoms with E-state index in [1.165, 1.54) is 11.3 Å². The molecule has 3 aromatic rings. The van der Waals surface area contributed by atoms with E-state index in [4.69, 9.17) is 17.3 Å². The van der Waals surface area contributed by atoms with Crippen molar-refractivity contribution in [2.45, 2.75) is 6.04 Å². The molecule has 2 aromatic heterocycles. The second kappa shape index (κ2) is 5.81. The summed E-state index contributed by atoms with van der Waals surface area (Å²) in [6.45, 7) is 0. The van der Waals surface area contributed by atoms with Crippen LogP contribution >= 0.6 is 22.9 Å². The third kappa shape index (κ3) is 2.90. The molecule has 1 aromatic carbocycles. The molecule has 1 amide bonds. The number of benzene rings is 1. The molecule has 0 bridgehead atoms. The molecule has 0 spiro atoms. The number of nitrogens with two attached hydrogens (primary N) is 1. The van der Waals surface area contributed by atoms with Gasteiger partial charge in [-0.3, -0.25) is 9.78 Å². The van der Waals surface area contributed by atoms with E-state index in [0.29, 0.717) is 16.2 Å². The fraction of sp³-hybridized carbons (Fsp3) is 0.0667. The average molecular weight is 318 g/mol. The number of aromatic nitrogens is 1. The number of carbonyl (C=O) groups excluding carboxylic acids is 1. The predicted octanol–water partition coefficient (Wildman–Crippen LogP) is 3.59. The average Bonchev–Trinajstić information content (AvgIpc) is 3.00. The van der Waals surface area contributed by atoms with Gasteiger partial charge in [-0.2, -0.15) is 0 Å². The van der Waals surface area contributed by atoms with E-state index in [9.17, 15) is 4.79 Å². The number of anilines is 1. The fourth-order valence-electron chi connectivity index (χ4n) is 2.06. The smallest absolute Gasteiger partial charge is 0.246 e. The topological polar surface area (TPSA) is 68.0 Å². The third-order valence-electron chi connectivity index (χ3n) is 3.06. The SMILES string of the molecule is NC(C(=O)Nc1cc(Cl)cc2cccnc12)c1cccs1. The van der Waals surface area contributed by atoms with Crippen molar-refractivity contribution in [2.24, 2.45) is 5.73 Å². The third-order valence-corrected chi connectivity index (χ3v) is 4.23. The Morgan fingerprint density at radius 2 is 2.19 bits per heavy atom. The monoisotopic (exact) mass is 317 g/mol. The zero-order chi connectivity index (χ0) is 14.8. The Morgan fingerprint density at radius 1 is 1.33 bits per heavy atom. The van der Waals surface area contributed by atoms with Gasteiger partial charge in [0.1, 0.15) is 6.04 Å². The van der Waals surface area contributed by atoms with E-state index in [1.54, 1.807) is 18.3 Å². The van der Waals surface area contributed by atoms with E-state index >= 15 is 0 Å². The summed E-state index contributed by atoms with van der Waals surface area (Å²) in [5, 5.41) is 6.10. The Balaban J connectivity index is 1.93. The zero-order valence-corrected chi connectivity index (χ0v) is 12.5. The number of carbonyl (C=O) groups is 1. The Kier molecular flexibility index (Phi) is 3.88. The van der Waals surface area contributed by atoms with Crippen LogP contribution in [0.3, 0.4) is 0 Å². The van der Waals surface area contributed by atoms with Gasteiger partial charge >= 0.3 is 0 Å². The number of fused-ring (bicyclic) bond motifs is 1. The van der Waals surface area contributed by atoms with Gasteiger partial charge in [-0.15, -0.1) is 11.3 Å². The zero-order valence-electron chi connectivity index (χ0n) is 10.9. The Morgan fingerprint density at radius 3 is 2.95 bits per heavy atom. The summed E-state index contributed by atoms with van der Waals surface area (Å²) in [5.74, 6) is -0.285. The van der Waals surface area contributed by atoms with Crippen molar-refractivity contribution < 1.29 is 4.79 Å². The van der Waals surface area contributed by atoms with Crippen LogP contribution in [0.1, 0.15) is 10.9 Å². The van der Waals surface area contributed by atoms with Gasteiger partial charge in [-0.05, 0) is 29.6 Å². The molecule has 0 saturated heterocycles. The van der Waals surface area contributed by atoms with Gasteiger partial charge in [0, 0.05) is 21.5 Å². The van der Waals surface area contributed by atoms with Gasteiger partial charge in [-0.25, -0.2) is 0 Å². The molecule has 6 heteroatoms. The maximum Gasteiger partial charge on any atom is 0.246 e. The van der Waals surface area contributed by atoms with Crippen LogP contribution in [-0.4, -0.2) is 10.9 Å². The maximum absolute atomic E-state index is 12.3. The second-order valence-corrected chi connectivity index (χ2v) is 5.93. The van der Waals surface area contributed by atoms with E-state index in [2.05, 4.69) is 10.3 Å². The number of amides is 1. The van der Waals surface area contributed by atoms with Gasteiger partial charge < -0.3 is 11.1 Å².